The second kappa shape index (κ2) is 11.0. The zero-order valence-electron chi connectivity index (χ0n) is 18.5. The average Bonchev–Trinajstić information content (AvgIpc) is 2.99. The molecule has 2 aromatic carbocycles. The van der Waals surface area contributed by atoms with Crippen LogP contribution < -0.4 is 23.7 Å². The summed E-state index contributed by atoms with van der Waals surface area (Å²) in [6, 6.07) is 9.93. The van der Waals surface area contributed by atoms with Crippen LogP contribution in [0.3, 0.4) is 0 Å². The standard InChI is InChI=1S/C24H33NO5/c1-26-20-8-7-9-21(27-2)24(20)30-15-6-5-12-25-13-10-18-16-22(28-3)23(29-4)17-19(18)11-14-25/h7-9,16-17H,5-6,10-15H2,1-4H3. The van der Waals surface area contributed by atoms with Crippen LogP contribution in [-0.2, 0) is 12.8 Å². The molecule has 0 amide bonds. The Morgan fingerprint density at radius 1 is 0.733 bits per heavy atom. The van der Waals surface area contributed by atoms with Crippen molar-refractivity contribution in [2.24, 2.45) is 0 Å². The molecular weight excluding hydrogens is 382 g/mol. The number of hydrogen-bond acceptors (Lipinski definition) is 6. The first kappa shape index (κ1) is 22.1. The number of para-hydroxylation sites is 1. The summed E-state index contributed by atoms with van der Waals surface area (Å²) in [5.74, 6) is 3.70. The quantitative estimate of drug-likeness (QED) is 0.547. The summed E-state index contributed by atoms with van der Waals surface area (Å²) in [6.07, 6.45) is 4.13. The van der Waals surface area contributed by atoms with Crippen LogP contribution in [-0.4, -0.2) is 59.6 Å². The predicted molar refractivity (Wildman–Crippen MR) is 118 cm³/mol. The van der Waals surface area contributed by atoms with Crippen molar-refractivity contribution in [3.8, 4) is 28.7 Å². The fourth-order valence-corrected chi connectivity index (χ4v) is 3.89. The first-order valence-electron chi connectivity index (χ1n) is 10.5. The van der Waals surface area contributed by atoms with Crippen molar-refractivity contribution in [2.75, 3.05) is 54.7 Å². The van der Waals surface area contributed by atoms with E-state index in [-0.39, 0.29) is 0 Å². The molecule has 0 saturated carbocycles. The highest BCUT2D eigenvalue weighted by molar-refractivity contribution is 5.51. The van der Waals surface area contributed by atoms with Crippen LogP contribution in [0.15, 0.2) is 30.3 Å². The van der Waals surface area contributed by atoms with Gasteiger partial charge in [-0.2, -0.15) is 0 Å². The maximum atomic E-state index is 5.97. The Kier molecular flexibility index (Phi) is 8.08. The molecule has 0 radical (unpaired) electrons. The highest BCUT2D eigenvalue weighted by Gasteiger charge is 2.17. The maximum absolute atomic E-state index is 5.97. The van der Waals surface area contributed by atoms with Crippen molar-refractivity contribution in [3.63, 3.8) is 0 Å². The Morgan fingerprint density at radius 3 is 1.77 bits per heavy atom. The largest absolute Gasteiger partial charge is 0.493 e. The summed E-state index contributed by atoms with van der Waals surface area (Å²) in [4.78, 5) is 2.53. The van der Waals surface area contributed by atoms with E-state index in [0.717, 1.165) is 56.8 Å². The van der Waals surface area contributed by atoms with Crippen LogP contribution in [0, 0.1) is 0 Å². The van der Waals surface area contributed by atoms with Crippen LogP contribution in [0.5, 0.6) is 28.7 Å². The molecule has 0 spiro atoms. The molecule has 0 aliphatic carbocycles. The molecule has 1 aliphatic heterocycles. The number of unbranched alkanes of at least 4 members (excludes halogenated alkanes) is 1. The fourth-order valence-electron chi connectivity index (χ4n) is 3.89. The van der Waals surface area contributed by atoms with Gasteiger partial charge in [0.25, 0.3) is 0 Å². The molecule has 0 N–H and O–H groups in total. The van der Waals surface area contributed by atoms with Crippen molar-refractivity contribution in [1.29, 1.82) is 0 Å². The van der Waals surface area contributed by atoms with E-state index in [9.17, 15) is 0 Å². The van der Waals surface area contributed by atoms with Gasteiger partial charge in [-0.15, -0.1) is 0 Å². The molecule has 1 aliphatic rings. The summed E-state index contributed by atoms with van der Waals surface area (Å²) in [7, 11) is 6.67. The minimum absolute atomic E-state index is 0.638. The first-order valence-corrected chi connectivity index (χ1v) is 10.5. The number of nitrogens with zero attached hydrogens (tertiary/aromatic N) is 1. The summed E-state index contributed by atoms with van der Waals surface area (Å²) < 4.78 is 27.7. The lowest BCUT2D eigenvalue weighted by molar-refractivity contribution is 0.245. The molecule has 0 saturated heterocycles. The molecular formula is C24H33NO5. The number of ether oxygens (including phenoxy) is 5. The lowest BCUT2D eigenvalue weighted by Crippen LogP contribution is -2.27. The molecule has 0 atom stereocenters. The Morgan fingerprint density at radius 2 is 1.27 bits per heavy atom. The van der Waals surface area contributed by atoms with Gasteiger partial charge in [0.15, 0.2) is 23.0 Å². The first-order chi connectivity index (χ1) is 14.7. The van der Waals surface area contributed by atoms with Gasteiger partial charge >= 0.3 is 0 Å². The van der Waals surface area contributed by atoms with Crippen LogP contribution in [0.4, 0.5) is 0 Å². The Labute approximate surface area is 179 Å². The van der Waals surface area contributed by atoms with Crippen molar-refractivity contribution >= 4 is 0 Å². The fraction of sp³-hybridized carbons (Fsp3) is 0.500. The second-order valence-electron chi connectivity index (χ2n) is 7.36. The third kappa shape index (κ3) is 5.30. The molecule has 0 fully saturated rings. The van der Waals surface area contributed by atoms with Crippen molar-refractivity contribution in [3.05, 3.63) is 41.5 Å². The van der Waals surface area contributed by atoms with E-state index in [0.29, 0.717) is 23.9 Å². The van der Waals surface area contributed by atoms with Crippen LogP contribution in [0.1, 0.15) is 24.0 Å². The number of rotatable bonds is 10. The lowest BCUT2D eigenvalue weighted by atomic mass is 10.0. The van der Waals surface area contributed by atoms with Gasteiger partial charge in [0.05, 0.1) is 35.0 Å². The van der Waals surface area contributed by atoms with Gasteiger partial charge in [-0.25, -0.2) is 0 Å². The summed E-state index contributed by atoms with van der Waals surface area (Å²) in [6.45, 7) is 3.82. The molecule has 0 unspecified atom stereocenters. The van der Waals surface area contributed by atoms with Crippen molar-refractivity contribution in [1.82, 2.24) is 4.90 Å². The predicted octanol–water partition coefficient (Wildman–Crippen LogP) is 3.98. The monoisotopic (exact) mass is 415 g/mol. The summed E-state index contributed by atoms with van der Waals surface area (Å²) in [5.41, 5.74) is 2.73. The third-order valence-corrected chi connectivity index (χ3v) is 5.60. The third-order valence-electron chi connectivity index (χ3n) is 5.60. The van der Waals surface area contributed by atoms with E-state index in [1.165, 1.54) is 11.1 Å². The molecule has 6 heteroatoms. The smallest absolute Gasteiger partial charge is 0.203 e. The van der Waals surface area contributed by atoms with E-state index >= 15 is 0 Å². The maximum Gasteiger partial charge on any atom is 0.203 e. The van der Waals surface area contributed by atoms with E-state index < -0.39 is 0 Å². The Bertz CT molecular complexity index is 766. The molecule has 6 nitrogen and oxygen atoms in total. The van der Waals surface area contributed by atoms with E-state index in [2.05, 4.69) is 17.0 Å². The molecule has 2 aromatic rings. The van der Waals surface area contributed by atoms with Crippen LogP contribution >= 0.6 is 0 Å². The highest BCUT2D eigenvalue weighted by Crippen LogP contribution is 2.37. The molecule has 164 valence electrons. The van der Waals surface area contributed by atoms with Gasteiger partial charge in [0, 0.05) is 13.1 Å². The molecule has 3 rings (SSSR count). The highest BCUT2D eigenvalue weighted by atomic mass is 16.5. The van der Waals surface area contributed by atoms with Gasteiger partial charge in [-0.1, -0.05) is 6.07 Å². The Hall–Kier alpha value is -2.60. The number of benzene rings is 2. The molecule has 30 heavy (non-hydrogen) atoms. The normalized spacial score (nSPS) is 13.9. The van der Waals surface area contributed by atoms with E-state index in [1.54, 1.807) is 28.4 Å². The van der Waals surface area contributed by atoms with Gasteiger partial charge in [-0.05, 0) is 67.6 Å². The van der Waals surface area contributed by atoms with E-state index in [1.807, 2.05) is 18.2 Å². The number of hydrogen-bond donors (Lipinski definition) is 0. The molecule has 0 aromatic heterocycles. The minimum atomic E-state index is 0.638. The van der Waals surface area contributed by atoms with Gasteiger partial charge in [-0.3, -0.25) is 0 Å². The number of fused-ring (bicyclic) bond motifs is 1. The zero-order valence-corrected chi connectivity index (χ0v) is 18.5. The molecule has 0 bridgehead atoms. The molecule has 1 heterocycles. The van der Waals surface area contributed by atoms with E-state index in [4.69, 9.17) is 23.7 Å². The van der Waals surface area contributed by atoms with Gasteiger partial charge in [0.1, 0.15) is 0 Å². The lowest BCUT2D eigenvalue weighted by Gasteiger charge is -2.19. The van der Waals surface area contributed by atoms with Gasteiger partial charge in [0.2, 0.25) is 5.75 Å². The van der Waals surface area contributed by atoms with Crippen LogP contribution in [0.25, 0.3) is 0 Å². The minimum Gasteiger partial charge on any atom is -0.493 e. The van der Waals surface area contributed by atoms with Crippen molar-refractivity contribution < 1.29 is 23.7 Å². The van der Waals surface area contributed by atoms with Gasteiger partial charge < -0.3 is 28.6 Å². The van der Waals surface area contributed by atoms with Crippen LogP contribution in [0.2, 0.25) is 0 Å². The zero-order chi connectivity index (χ0) is 21.3. The Balaban J connectivity index is 1.47. The topological polar surface area (TPSA) is 49.4 Å². The average molecular weight is 416 g/mol. The summed E-state index contributed by atoms with van der Waals surface area (Å²) >= 11 is 0. The SMILES string of the molecule is COc1cc2c(cc1OC)CCN(CCCCOc1c(OC)cccc1OC)CC2. The van der Waals surface area contributed by atoms with Crippen molar-refractivity contribution in [2.45, 2.75) is 25.7 Å². The second-order valence-corrected chi connectivity index (χ2v) is 7.36. The number of methoxy groups -OCH3 is 4. The summed E-state index contributed by atoms with van der Waals surface area (Å²) in [5, 5.41) is 0.